The molecule has 2 N–H and O–H groups in total. The van der Waals surface area contributed by atoms with E-state index >= 15 is 0 Å². The molecule has 0 spiro atoms. The van der Waals surface area contributed by atoms with Crippen LogP contribution in [0.3, 0.4) is 0 Å². The Morgan fingerprint density at radius 3 is 2.82 bits per heavy atom. The number of nitrogens with zero attached hydrogens (tertiary/aromatic N) is 1. The summed E-state index contributed by atoms with van der Waals surface area (Å²) in [5, 5.41) is 16.7. The Labute approximate surface area is 163 Å². The van der Waals surface area contributed by atoms with Crippen molar-refractivity contribution in [1.82, 2.24) is 5.32 Å². The summed E-state index contributed by atoms with van der Waals surface area (Å²) in [7, 11) is 1.59. The number of ether oxygens (including phenoxy) is 2. The number of hydrogen-bond acceptors (Lipinski definition) is 6. The Morgan fingerprint density at radius 2 is 2.14 bits per heavy atom. The van der Waals surface area contributed by atoms with Gasteiger partial charge in [0.15, 0.2) is 0 Å². The minimum absolute atomic E-state index is 0.112. The quantitative estimate of drug-likeness (QED) is 0.560. The number of amides is 1. The molecule has 28 heavy (non-hydrogen) atoms. The minimum Gasteiger partial charge on any atom is -0.494 e. The van der Waals surface area contributed by atoms with Crippen LogP contribution < -0.4 is 20.1 Å². The van der Waals surface area contributed by atoms with Crippen molar-refractivity contribution in [1.29, 1.82) is 0 Å². The molecule has 0 radical (unpaired) electrons. The summed E-state index contributed by atoms with van der Waals surface area (Å²) in [6.45, 7) is 4.63. The highest BCUT2D eigenvalue weighted by Gasteiger charge is 2.22. The van der Waals surface area contributed by atoms with Gasteiger partial charge in [-0.25, -0.2) is 0 Å². The molecule has 2 aromatic carbocycles. The van der Waals surface area contributed by atoms with Gasteiger partial charge in [-0.2, -0.15) is 0 Å². The molecule has 1 heterocycles. The maximum absolute atomic E-state index is 12.5. The van der Waals surface area contributed by atoms with E-state index in [4.69, 9.17) is 9.47 Å². The van der Waals surface area contributed by atoms with Crippen LogP contribution in [0.25, 0.3) is 0 Å². The van der Waals surface area contributed by atoms with E-state index in [0.29, 0.717) is 18.0 Å². The summed E-state index contributed by atoms with van der Waals surface area (Å²) in [6.07, 6.45) is 0.935. The summed E-state index contributed by atoms with van der Waals surface area (Å²) >= 11 is 0. The lowest BCUT2D eigenvalue weighted by Crippen LogP contribution is -2.23. The van der Waals surface area contributed by atoms with Crippen LogP contribution in [-0.2, 0) is 13.0 Å². The zero-order chi connectivity index (χ0) is 20.3. The van der Waals surface area contributed by atoms with E-state index in [-0.39, 0.29) is 23.9 Å². The van der Waals surface area contributed by atoms with Crippen molar-refractivity contribution in [2.45, 2.75) is 32.9 Å². The molecule has 1 aliphatic rings. The number of nitro groups is 1. The van der Waals surface area contributed by atoms with Crippen LogP contribution in [0.15, 0.2) is 30.3 Å². The predicted octanol–water partition coefficient (Wildman–Crippen LogP) is 3.29. The molecule has 1 atom stereocenters. The molecule has 2 aromatic rings. The van der Waals surface area contributed by atoms with Gasteiger partial charge in [0.2, 0.25) is 0 Å². The van der Waals surface area contributed by atoms with Crippen molar-refractivity contribution in [2.24, 2.45) is 0 Å². The Morgan fingerprint density at radius 1 is 1.36 bits per heavy atom. The fraction of sp³-hybridized carbons (Fsp3) is 0.350. The van der Waals surface area contributed by atoms with Crippen molar-refractivity contribution in [2.75, 3.05) is 19.0 Å². The molecule has 1 aliphatic heterocycles. The number of rotatable bonds is 7. The number of fused-ring (bicyclic) bond motifs is 1. The second-order valence-electron chi connectivity index (χ2n) is 6.55. The maximum atomic E-state index is 12.5. The van der Waals surface area contributed by atoms with Crippen molar-refractivity contribution < 1.29 is 19.2 Å². The lowest BCUT2D eigenvalue weighted by atomic mass is 10.1. The van der Waals surface area contributed by atoms with Gasteiger partial charge < -0.3 is 20.1 Å². The molecule has 3 rings (SSSR count). The molecular weight excluding hydrogens is 362 g/mol. The summed E-state index contributed by atoms with van der Waals surface area (Å²) in [6, 6.07) is 8.17. The lowest BCUT2D eigenvalue weighted by molar-refractivity contribution is -0.384. The van der Waals surface area contributed by atoms with E-state index < -0.39 is 10.8 Å². The molecule has 0 unspecified atom stereocenters. The molecule has 148 valence electrons. The normalized spacial score (nSPS) is 14.8. The Bertz CT molecular complexity index is 913. The highest BCUT2D eigenvalue weighted by Crippen LogP contribution is 2.35. The van der Waals surface area contributed by atoms with E-state index in [1.165, 1.54) is 12.1 Å². The third-order valence-electron chi connectivity index (χ3n) is 4.54. The highest BCUT2D eigenvalue weighted by atomic mass is 16.6. The lowest BCUT2D eigenvalue weighted by Gasteiger charge is -2.13. The zero-order valence-electron chi connectivity index (χ0n) is 16.1. The van der Waals surface area contributed by atoms with E-state index in [0.717, 1.165) is 23.3 Å². The van der Waals surface area contributed by atoms with Crippen molar-refractivity contribution in [3.63, 3.8) is 0 Å². The van der Waals surface area contributed by atoms with Gasteiger partial charge in [-0.05, 0) is 38.1 Å². The monoisotopic (exact) mass is 385 g/mol. The maximum Gasteiger partial charge on any atom is 0.293 e. The average molecular weight is 385 g/mol. The fourth-order valence-electron chi connectivity index (χ4n) is 3.22. The van der Waals surface area contributed by atoms with E-state index in [2.05, 4.69) is 10.6 Å². The van der Waals surface area contributed by atoms with Gasteiger partial charge in [0.25, 0.3) is 11.6 Å². The highest BCUT2D eigenvalue weighted by molar-refractivity contribution is 5.95. The molecule has 0 aliphatic carbocycles. The number of hydrogen-bond donors (Lipinski definition) is 2. The topological polar surface area (TPSA) is 103 Å². The van der Waals surface area contributed by atoms with Crippen LogP contribution >= 0.6 is 0 Å². The molecule has 0 saturated carbocycles. The van der Waals surface area contributed by atoms with Gasteiger partial charge in [-0.1, -0.05) is 0 Å². The number of nitro benzene ring substituents is 1. The van der Waals surface area contributed by atoms with Gasteiger partial charge in [0.1, 0.15) is 23.3 Å². The number of nitrogens with one attached hydrogen (secondary N) is 2. The Hall–Kier alpha value is -3.29. The SMILES string of the molecule is CCOc1cc2c(cc1CNC(=O)c1ccc(NC)c([N+](=O)[O-])c1)O[C@H](C)C2. The Kier molecular flexibility index (Phi) is 5.67. The first-order chi connectivity index (χ1) is 13.4. The van der Waals surface area contributed by atoms with Crippen LogP contribution in [0.2, 0.25) is 0 Å². The molecule has 0 bridgehead atoms. The summed E-state index contributed by atoms with van der Waals surface area (Å²) < 4.78 is 11.5. The van der Waals surface area contributed by atoms with Crippen LogP contribution in [0.5, 0.6) is 11.5 Å². The van der Waals surface area contributed by atoms with E-state index in [1.54, 1.807) is 13.1 Å². The number of anilines is 1. The number of carbonyl (C=O) groups excluding carboxylic acids is 1. The van der Waals surface area contributed by atoms with Gasteiger partial charge in [0.05, 0.1) is 11.5 Å². The van der Waals surface area contributed by atoms with Crippen LogP contribution in [0.1, 0.15) is 35.3 Å². The second-order valence-corrected chi connectivity index (χ2v) is 6.55. The number of benzene rings is 2. The second kappa shape index (κ2) is 8.16. The predicted molar refractivity (Wildman–Crippen MR) is 105 cm³/mol. The smallest absolute Gasteiger partial charge is 0.293 e. The first-order valence-corrected chi connectivity index (χ1v) is 9.12. The van der Waals surface area contributed by atoms with Gasteiger partial charge >= 0.3 is 0 Å². The van der Waals surface area contributed by atoms with Crippen molar-refractivity contribution in [3.8, 4) is 11.5 Å². The molecule has 1 amide bonds. The van der Waals surface area contributed by atoms with E-state index in [1.807, 2.05) is 26.0 Å². The number of carbonyl (C=O) groups is 1. The van der Waals surface area contributed by atoms with Crippen molar-refractivity contribution in [3.05, 3.63) is 57.1 Å². The third kappa shape index (κ3) is 4.00. The molecular formula is C20H23N3O5. The van der Waals surface area contributed by atoms with E-state index in [9.17, 15) is 14.9 Å². The fourth-order valence-corrected chi connectivity index (χ4v) is 3.22. The zero-order valence-corrected chi connectivity index (χ0v) is 16.1. The van der Waals surface area contributed by atoms with Crippen LogP contribution in [0.4, 0.5) is 11.4 Å². The molecule has 0 fully saturated rings. The van der Waals surface area contributed by atoms with Gasteiger partial charge in [-0.15, -0.1) is 0 Å². The molecule has 0 aromatic heterocycles. The minimum atomic E-state index is -0.519. The van der Waals surface area contributed by atoms with Gasteiger partial charge in [-0.3, -0.25) is 14.9 Å². The standard InChI is InChI=1S/C20H23N3O5/c1-4-27-18-9-14-7-12(2)28-19(14)10-15(18)11-22-20(24)13-5-6-16(21-3)17(8-13)23(25)26/h5-6,8-10,12,21H,4,7,11H2,1-3H3,(H,22,24)/t12-/m1/s1. The summed E-state index contributed by atoms with van der Waals surface area (Å²) in [5.41, 5.74) is 2.30. The average Bonchev–Trinajstić information content (AvgIpc) is 3.04. The largest absolute Gasteiger partial charge is 0.494 e. The first-order valence-electron chi connectivity index (χ1n) is 9.12. The van der Waals surface area contributed by atoms with Gasteiger partial charge in [0, 0.05) is 42.8 Å². The van der Waals surface area contributed by atoms with Crippen LogP contribution in [0, 0.1) is 10.1 Å². The molecule has 8 nitrogen and oxygen atoms in total. The third-order valence-corrected chi connectivity index (χ3v) is 4.54. The molecule has 8 heteroatoms. The van der Waals surface area contributed by atoms with Crippen LogP contribution in [-0.4, -0.2) is 30.6 Å². The summed E-state index contributed by atoms with van der Waals surface area (Å²) in [5.74, 6) is 1.10. The van der Waals surface area contributed by atoms with Crippen molar-refractivity contribution >= 4 is 17.3 Å². The molecule has 0 saturated heterocycles. The first kappa shape index (κ1) is 19.5. The Balaban J connectivity index is 1.79. The summed E-state index contributed by atoms with van der Waals surface area (Å²) in [4.78, 5) is 23.2.